The Kier molecular flexibility index (Phi) is 8.04. The van der Waals surface area contributed by atoms with Crippen LogP contribution in [0.5, 0.6) is 5.75 Å². The van der Waals surface area contributed by atoms with Crippen LogP contribution in [0.15, 0.2) is 90.2 Å². The van der Waals surface area contributed by atoms with Crippen molar-refractivity contribution in [3.05, 3.63) is 118 Å². The molecule has 9 heteroatoms. The van der Waals surface area contributed by atoms with E-state index < -0.39 is 23.5 Å². The first kappa shape index (κ1) is 27.2. The zero-order valence-electron chi connectivity index (χ0n) is 22.0. The van der Waals surface area contributed by atoms with Crippen LogP contribution in [0, 0.1) is 12.7 Å². The first-order valence-electron chi connectivity index (χ1n) is 12.6. The predicted molar refractivity (Wildman–Crippen MR) is 150 cm³/mol. The molecule has 0 aliphatic carbocycles. The maximum atomic E-state index is 13.9. The number of halogens is 1. The molecule has 4 aromatic rings. The summed E-state index contributed by atoms with van der Waals surface area (Å²) in [7, 11) is 1.52. The number of carbonyl (C=O) groups is 2. The van der Waals surface area contributed by atoms with Crippen LogP contribution in [0.2, 0.25) is 0 Å². The van der Waals surface area contributed by atoms with Gasteiger partial charge in [0, 0.05) is 19.2 Å². The monoisotopic (exact) mass is 558 g/mol. The van der Waals surface area contributed by atoms with Gasteiger partial charge >= 0.3 is 0 Å². The predicted octanol–water partition coefficient (Wildman–Crippen LogP) is 6.06. The van der Waals surface area contributed by atoms with Gasteiger partial charge in [0.25, 0.3) is 5.91 Å². The minimum absolute atomic E-state index is 0.00689. The lowest BCUT2D eigenvalue weighted by Gasteiger charge is -2.26. The van der Waals surface area contributed by atoms with Gasteiger partial charge in [-0.15, -0.1) is 11.3 Å². The van der Waals surface area contributed by atoms with Crippen LogP contribution >= 0.6 is 11.3 Å². The van der Waals surface area contributed by atoms with E-state index in [0.29, 0.717) is 26.9 Å². The lowest BCUT2D eigenvalue weighted by atomic mass is 9.95. The molecule has 40 heavy (non-hydrogen) atoms. The van der Waals surface area contributed by atoms with Crippen LogP contribution in [-0.2, 0) is 16.1 Å². The number of Topliss-reactive ketones (excluding diaryl/α,β-unsaturated/α-hetero) is 1. The zero-order valence-corrected chi connectivity index (χ0v) is 22.8. The highest BCUT2D eigenvalue weighted by Gasteiger charge is 2.44. The molecular weight excluding hydrogens is 531 g/mol. The van der Waals surface area contributed by atoms with Crippen LogP contribution in [-0.4, -0.2) is 46.9 Å². The Hall–Kier alpha value is -4.34. The van der Waals surface area contributed by atoms with Crippen molar-refractivity contribution in [3.63, 3.8) is 0 Å². The average Bonchev–Trinajstić information content (AvgIpc) is 3.49. The van der Waals surface area contributed by atoms with Crippen LogP contribution < -0.4 is 4.74 Å². The fraction of sp³-hybridized carbons (Fsp3) is 0.194. The molecule has 1 aliphatic heterocycles. The number of thiazole rings is 1. The minimum Gasteiger partial charge on any atom is -0.503 e. The number of methoxy groups -OCH3 is 1. The van der Waals surface area contributed by atoms with E-state index in [0.717, 1.165) is 11.1 Å². The highest BCUT2D eigenvalue weighted by Crippen LogP contribution is 2.41. The highest BCUT2D eigenvalue weighted by atomic mass is 32.1. The maximum Gasteiger partial charge on any atom is 0.290 e. The average molecular weight is 559 g/mol. The van der Waals surface area contributed by atoms with Gasteiger partial charge < -0.3 is 19.5 Å². The fourth-order valence-electron chi connectivity index (χ4n) is 4.58. The molecule has 0 saturated heterocycles. The molecule has 1 unspecified atom stereocenters. The van der Waals surface area contributed by atoms with Crippen molar-refractivity contribution in [1.82, 2.24) is 9.88 Å². The van der Waals surface area contributed by atoms with E-state index in [-0.39, 0.29) is 31.1 Å². The molecule has 1 aliphatic rings. The summed E-state index contributed by atoms with van der Waals surface area (Å²) in [6.45, 7) is 2.41. The molecule has 2 heterocycles. The summed E-state index contributed by atoms with van der Waals surface area (Å²) in [5.41, 5.74) is 2.86. The second-order valence-electron chi connectivity index (χ2n) is 9.27. The number of rotatable bonds is 10. The molecule has 204 valence electrons. The van der Waals surface area contributed by atoms with Crippen LogP contribution in [0.25, 0.3) is 10.6 Å². The van der Waals surface area contributed by atoms with E-state index in [4.69, 9.17) is 9.47 Å². The Morgan fingerprint density at radius 1 is 1.05 bits per heavy atom. The van der Waals surface area contributed by atoms with Crippen LogP contribution in [0.1, 0.15) is 32.5 Å². The normalized spacial score (nSPS) is 15.1. The Balaban J connectivity index is 1.44. The largest absolute Gasteiger partial charge is 0.503 e. The lowest BCUT2D eigenvalue weighted by Crippen LogP contribution is -2.34. The van der Waals surface area contributed by atoms with Crippen molar-refractivity contribution in [2.45, 2.75) is 19.6 Å². The van der Waals surface area contributed by atoms with E-state index >= 15 is 0 Å². The molecule has 1 N–H and O–H groups in total. The van der Waals surface area contributed by atoms with E-state index in [9.17, 15) is 19.1 Å². The third-order valence-corrected chi connectivity index (χ3v) is 7.83. The van der Waals surface area contributed by atoms with Gasteiger partial charge in [0.2, 0.25) is 5.78 Å². The van der Waals surface area contributed by atoms with Crippen molar-refractivity contribution in [3.8, 4) is 16.3 Å². The number of ketones is 1. The summed E-state index contributed by atoms with van der Waals surface area (Å²) in [6, 6.07) is 21.8. The molecule has 0 saturated carbocycles. The number of aryl methyl sites for hydroxylation is 1. The highest BCUT2D eigenvalue weighted by molar-refractivity contribution is 7.17. The molecule has 0 bridgehead atoms. The van der Waals surface area contributed by atoms with Gasteiger partial charge in [0.1, 0.15) is 23.2 Å². The van der Waals surface area contributed by atoms with Crippen molar-refractivity contribution >= 4 is 23.0 Å². The Morgan fingerprint density at radius 2 is 1.75 bits per heavy atom. The molecule has 5 rings (SSSR count). The number of amides is 1. The van der Waals surface area contributed by atoms with Crippen molar-refractivity contribution in [2.75, 3.05) is 20.3 Å². The molecular formula is C31H27FN2O5S. The molecule has 1 atom stereocenters. The standard InChI is InChI=1S/C31H27FN2O5S/c1-19-29(40-30(33-19)22-6-4-3-5-7-22)27(35)25-26(34(16-17-38-2)31(37)28(25)36)21-10-14-24(15-11-21)39-18-20-8-12-23(32)13-9-20/h3-15,26,36H,16-18H2,1-2H3. The number of aliphatic hydroxyl groups is 1. The zero-order chi connectivity index (χ0) is 28.2. The molecule has 3 aromatic carbocycles. The van der Waals surface area contributed by atoms with E-state index in [1.54, 1.807) is 43.3 Å². The third-order valence-electron chi connectivity index (χ3n) is 6.62. The van der Waals surface area contributed by atoms with Gasteiger partial charge in [-0.3, -0.25) is 9.59 Å². The summed E-state index contributed by atoms with van der Waals surface area (Å²) in [5, 5.41) is 11.6. The molecule has 1 amide bonds. The van der Waals surface area contributed by atoms with Crippen molar-refractivity contribution in [2.24, 2.45) is 0 Å². The quantitative estimate of drug-likeness (QED) is 0.238. The molecule has 0 radical (unpaired) electrons. The van der Waals surface area contributed by atoms with Gasteiger partial charge in [-0.05, 0) is 42.3 Å². The Bertz CT molecular complexity index is 1550. The first-order chi connectivity index (χ1) is 19.4. The number of hydrogen-bond donors (Lipinski definition) is 1. The number of carbonyl (C=O) groups excluding carboxylic acids is 2. The van der Waals surface area contributed by atoms with Crippen molar-refractivity contribution in [1.29, 1.82) is 0 Å². The molecule has 7 nitrogen and oxygen atoms in total. The number of hydrogen-bond acceptors (Lipinski definition) is 7. The second-order valence-corrected chi connectivity index (χ2v) is 10.3. The van der Waals surface area contributed by atoms with Crippen LogP contribution in [0.3, 0.4) is 0 Å². The number of aromatic nitrogens is 1. The minimum atomic E-state index is -0.817. The molecule has 0 fully saturated rings. The first-order valence-corrected chi connectivity index (χ1v) is 13.5. The van der Waals surface area contributed by atoms with E-state index in [1.165, 1.54) is 35.5 Å². The lowest BCUT2D eigenvalue weighted by molar-refractivity contribution is -0.130. The SMILES string of the molecule is COCCN1C(=O)C(O)=C(C(=O)c2sc(-c3ccccc3)nc2C)C1c1ccc(OCc2ccc(F)cc2)cc1. The number of aliphatic hydroxyl groups excluding tert-OH is 1. The topological polar surface area (TPSA) is 89.0 Å². The maximum absolute atomic E-state index is 13.9. The summed E-state index contributed by atoms with van der Waals surface area (Å²) >= 11 is 1.23. The number of ether oxygens (including phenoxy) is 2. The van der Waals surface area contributed by atoms with Gasteiger partial charge in [0.05, 0.1) is 28.8 Å². The molecule has 1 aromatic heterocycles. The number of benzene rings is 3. The third kappa shape index (κ3) is 5.52. The van der Waals surface area contributed by atoms with E-state index in [2.05, 4.69) is 4.98 Å². The number of nitrogens with zero attached hydrogens (tertiary/aromatic N) is 2. The van der Waals surface area contributed by atoms with E-state index in [1.807, 2.05) is 30.3 Å². The van der Waals surface area contributed by atoms with Crippen LogP contribution in [0.4, 0.5) is 4.39 Å². The van der Waals surface area contributed by atoms with Gasteiger partial charge in [-0.2, -0.15) is 0 Å². The summed E-state index contributed by atoms with van der Waals surface area (Å²) in [4.78, 5) is 33.5. The molecule has 0 spiro atoms. The fourth-order valence-corrected chi connectivity index (χ4v) is 5.61. The smallest absolute Gasteiger partial charge is 0.290 e. The Morgan fingerprint density at radius 3 is 2.42 bits per heavy atom. The van der Waals surface area contributed by atoms with Crippen molar-refractivity contribution < 1.29 is 28.6 Å². The summed E-state index contributed by atoms with van der Waals surface area (Å²) in [6.07, 6.45) is 0. The second kappa shape index (κ2) is 11.8. The summed E-state index contributed by atoms with van der Waals surface area (Å²) < 4.78 is 24.2. The Labute approximate surface area is 235 Å². The summed E-state index contributed by atoms with van der Waals surface area (Å²) in [5.74, 6) is -1.40. The van der Waals surface area contributed by atoms with Gasteiger partial charge in [-0.1, -0.05) is 54.6 Å². The van der Waals surface area contributed by atoms with Gasteiger partial charge in [-0.25, -0.2) is 9.37 Å². The van der Waals surface area contributed by atoms with Gasteiger partial charge in [0.15, 0.2) is 5.76 Å².